The quantitative estimate of drug-likeness (QED) is 0.290. The topological polar surface area (TPSA) is 85.6 Å². The molecule has 0 aliphatic heterocycles. The molecular weight excluding hydrogens is 507 g/mol. The van der Waals surface area contributed by atoms with Gasteiger partial charge in [-0.15, -0.1) is 0 Å². The van der Waals surface area contributed by atoms with Crippen LogP contribution in [-0.4, -0.2) is 28.4 Å². The van der Waals surface area contributed by atoms with Crippen LogP contribution in [0.2, 0.25) is 5.02 Å². The van der Waals surface area contributed by atoms with Crippen molar-refractivity contribution in [3.8, 4) is 5.75 Å². The average Bonchev–Trinajstić information content (AvgIpc) is 2.94. The van der Waals surface area contributed by atoms with Gasteiger partial charge in [0.2, 0.25) is 0 Å². The van der Waals surface area contributed by atoms with Gasteiger partial charge in [0.1, 0.15) is 17.4 Å². The van der Waals surface area contributed by atoms with Crippen molar-refractivity contribution >= 4 is 40.3 Å². The second-order valence-electron chi connectivity index (χ2n) is 9.22. The fourth-order valence-corrected chi connectivity index (χ4v) is 4.83. The lowest BCUT2D eigenvalue weighted by Gasteiger charge is -2.22. The fourth-order valence-electron chi connectivity index (χ4n) is 4.59. The summed E-state index contributed by atoms with van der Waals surface area (Å²) in [6.45, 7) is -0.270. The molecule has 0 atom stereocenters. The number of carbonyl (C=O) groups is 1. The molecule has 1 N–H and O–H groups in total. The minimum atomic E-state index is -0.406. The number of aromatic nitrogens is 2. The zero-order chi connectivity index (χ0) is 26.5. The summed E-state index contributed by atoms with van der Waals surface area (Å²) in [7, 11) is 0. The predicted molar refractivity (Wildman–Crippen MR) is 147 cm³/mol. The van der Waals surface area contributed by atoms with Gasteiger partial charge in [0, 0.05) is 11.6 Å². The van der Waals surface area contributed by atoms with E-state index in [0.717, 1.165) is 25.7 Å². The lowest BCUT2D eigenvalue weighted by Crippen LogP contribution is -2.25. The maximum Gasteiger partial charge on any atom is 0.282 e. The standard InChI is InChI=1S/C29H26ClFN4O3/c30-24-16-19(10-15-26(24)38-18-27(36)33-22-13-11-21(31)12-14-22)17-32-35-28(20-6-2-1-3-7-20)34-25-9-5-4-8-23(25)29(35)37/h4-5,8-17,20H,1-3,6-7,18H2,(H,33,36). The third-order valence-electron chi connectivity index (χ3n) is 6.51. The van der Waals surface area contributed by atoms with Gasteiger partial charge in [-0.1, -0.05) is 43.0 Å². The van der Waals surface area contributed by atoms with Crippen LogP contribution in [0, 0.1) is 5.82 Å². The van der Waals surface area contributed by atoms with Gasteiger partial charge in [0.05, 0.1) is 22.1 Å². The lowest BCUT2D eigenvalue weighted by atomic mass is 9.88. The third kappa shape index (κ3) is 5.92. The van der Waals surface area contributed by atoms with Crippen LogP contribution in [-0.2, 0) is 4.79 Å². The van der Waals surface area contributed by atoms with Crippen LogP contribution in [0.25, 0.3) is 10.9 Å². The van der Waals surface area contributed by atoms with Crippen LogP contribution < -0.4 is 15.6 Å². The van der Waals surface area contributed by atoms with Crippen molar-refractivity contribution in [3.63, 3.8) is 0 Å². The average molecular weight is 533 g/mol. The highest BCUT2D eigenvalue weighted by Crippen LogP contribution is 2.32. The maximum atomic E-state index is 13.3. The Bertz CT molecular complexity index is 1550. The normalized spacial score (nSPS) is 14.2. The molecule has 7 nitrogen and oxygen atoms in total. The number of hydrogen-bond donors (Lipinski definition) is 1. The van der Waals surface area contributed by atoms with Crippen molar-refractivity contribution in [1.82, 2.24) is 9.66 Å². The molecule has 9 heteroatoms. The molecule has 1 fully saturated rings. The zero-order valence-electron chi connectivity index (χ0n) is 20.6. The van der Waals surface area contributed by atoms with E-state index in [1.54, 1.807) is 30.5 Å². The van der Waals surface area contributed by atoms with E-state index in [9.17, 15) is 14.0 Å². The van der Waals surface area contributed by atoms with Crippen molar-refractivity contribution in [2.24, 2.45) is 5.10 Å². The third-order valence-corrected chi connectivity index (χ3v) is 6.81. The first-order valence-electron chi connectivity index (χ1n) is 12.5. The minimum absolute atomic E-state index is 0.179. The van der Waals surface area contributed by atoms with Crippen molar-refractivity contribution in [2.75, 3.05) is 11.9 Å². The van der Waals surface area contributed by atoms with E-state index >= 15 is 0 Å². The Morgan fingerprint density at radius 1 is 1.11 bits per heavy atom. The molecule has 1 aliphatic rings. The van der Waals surface area contributed by atoms with Gasteiger partial charge in [-0.05, 0) is 73.0 Å². The van der Waals surface area contributed by atoms with Gasteiger partial charge in [-0.3, -0.25) is 9.59 Å². The van der Waals surface area contributed by atoms with Crippen LogP contribution in [0.15, 0.2) is 76.6 Å². The number of nitrogens with one attached hydrogen (secondary N) is 1. The highest BCUT2D eigenvalue weighted by Gasteiger charge is 2.22. The molecule has 1 aromatic heterocycles. The number of amides is 1. The molecule has 4 aromatic rings. The molecule has 0 spiro atoms. The first-order chi connectivity index (χ1) is 18.5. The fraction of sp³-hybridized carbons (Fsp3) is 0.241. The second kappa shape index (κ2) is 11.6. The molecular formula is C29H26ClFN4O3. The van der Waals surface area contributed by atoms with Crippen LogP contribution in [0.3, 0.4) is 0 Å². The maximum absolute atomic E-state index is 13.3. The first-order valence-corrected chi connectivity index (χ1v) is 12.9. The zero-order valence-corrected chi connectivity index (χ0v) is 21.3. The highest BCUT2D eigenvalue weighted by molar-refractivity contribution is 6.32. The van der Waals surface area contributed by atoms with Crippen LogP contribution in [0.5, 0.6) is 5.75 Å². The highest BCUT2D eigenvalue weighted by atomic mass is 35.5. The number of rotatable bonds is 7. The molecule has 1 amide bonds. The van der Waals surface area contributed by atoms with Gasteiger partial charge in [0.25, 0.3) is 11.5 Å². The Morgan fingerprint density at radius 3 is 2.63 bits per heavy atom. The molecule has 194 valence electrons. The van der Waals surface area contributed by atoms with Crippen molar-refractivity contribution in [3.05, 3.63) is 99.3 Å². The van der Waals surface area contributed by atoms with Gasteiger partial charge < -0.3 is 10.1 Å². The van der Waals surface area contributed by atoms with E-state index in [4.69, 9.17) is 21.3 Å². The largest absolute Gasteiger partial charge is 0.482 e. The van der Waals surface area contributed by atoms with Gasteiger partial charge in [-0.2, -0.15) is 9.78 Å². The van der Waals surface area contributed by atoms with Crippen LogP contribution >= 0.6 is 11.6 Å². The minimum Gasteiger partial charge on any atom is -0.482 e. The monoisotopic (exact) mass is 532 g/mol. The number of fused-ring (bicyclic) bond motifs is 1. The van der Waals surface area contributed by atoms with Crippen molar-refractivity contribution in [2.45, 2.75) is 38.0 Å². The summed E-state index contributed by atoms with van der Waals surface area (Å²) in [6.07, 6.45) is 6.94. The van der Waals surface area contributed by atoms with E-state index in [1.807, 2.05) is 18.2 Å². The summed E-state index contributed by atoms with van der Waals surface area (Å²) in [5, 5.41) is 7.96. The Morgan fingerprint density at radius 2 is 1.87 bits per heavy atom. The molecule has 0 bridgehead atoms. The van der Waals surface area contributed by atoms with Crippen molar-refractivity contribution in [1.29, 1.82) is 0 Å². The van der Waals surface area contributed by atoms with Crippen molar-refractivity contribution < 1.29 is 13.9 Å². The lowest BCUT2D eigenvalue weighted by molar-refractivity contribution is -0.118. The van der Waals surface area contributed by atoms with Gasteiger partial charge in [0.15, 0.2) is 6.61 Å². The van der Waals surface area contributed by atoms with Crippen LogP contribution in [0.4, 0.5) is 10.1 Å². The van der Waals surface area contributed by atoms with Gasteiger partial charge >= 0.3 is 0 Å². The second-order valence-corrected chi connectivity index (χ2v) is 9.62. The molecule has 0 radical (unpaired) electrons. The smallest absolute Gasteiger partial charge is 0.282 e. The summed E-state index contributed by atoms with van der Waals surface area (Å²) >= 11 is 6.39. The van der Waals surface area contributed by atoms with Crippen LogP contribution in [0.1, 0.15) is 49.4 Å². The number of ether oxygens (including phenoxy) is 1. The van der Waals surface area contributed by atoms with E-state index < -0.39 is 5.91 Å². The number of anilines is 1. The van der Waals surface area contributed by atoms with E-state index in [2.05, 4.69) is 10.4 Å². The van der Waals surface area contributed by atoms with E-state index in [0.29, 0.717) is 38.8 Å². The number of para-hydroxylation sites is 1. The molecule has 38 heavy (non-hydrogen) atoms. The summed E-state index contributed by atoms with van der Waals surface area (Å²) in [5.41, 5.74) is 1.60. The van der Waals surface area contributed by atoms with E-state index in [-0.39, 0.29) is 23.9 Å². The number of nitrogens with zero attached hydrogens (tertiary/aromatic N) is 3. The number of hydrogen-bond acceptors (Lipinski definition) is 5. The Balaban J connectivity index is 1.33. The molecule has 1 heterocycles. The molecule has 3 aromatic carbocycles. The summed E-state index contributed by atoms with van der Waals surface area (Å²) in [4.78, 5) is 30.3. The predicted octanol–water partition coefficient (Wildman–Crippen LogP) is 6.14. The number of benzene rings is 3. The number of carbonyl (C=O) groups excluding carboxylic acids is 1. The first kappa shape index (κ1) is 25.6. The molecule has 0 unspecified atom stereocenters. The Labute approximate surface area is 223 Å². The summed E-state index contributed by atoms with van der Waals surface area (Å²) < 4.78 is 20.0. The summed E-state index contributed by atoms with van der Waals surface area (Å²) in [5.74, 6) is 0.394. The molecule has 1 aliphatic carbocycles. The Hall–Kier alpha value is -4.04. The summed E-state index contributed by atoms with van der Waals surface area (Å²) in [6, 6.07) is 17.8. The molecule has 0 saturated heterocycles. The van der Waals surface area contributed by atoms with E-state index in [1.165, 1.54) is 35.4 Å². The molecule has 5 rings (SSSR count). The van der Waals surface area contributed by atoms with Gasteiger partial charge in [-0.25, -0.2) is 9.37 Å². The Kier molecular flexibility index (Phi) is 7.79. The number of halogens is 2. The molecule has 1 saturated carbocycles. The SMILES string of the molecule is O=C(COc1ccc(C=Nn2c(C3CCCCC3)nc3ccccc3c2=O)cc1Cl)Nc1ccc(F)cc1.